The first-order chi connectivity index (χ1) is 9.52. The van der Waals surface area contributed by atoms with Crippen molar-refractivity contribution >= 4 is 11.7 Å². The minimum atomic E-state index is 0.00834. The van der Waals surface area contributed by atoms with Gasteiger partial charge in [-0.3, -0.25) is 14.5 Å². The van der Waals surface area contributed by atoms with Crippen LogP contribution in [-0.2, 0) is 4.79 Å². The lowest BCUT2D eigenvalue weighted by Gasteiger charge is -2.20. The zero-order valence-corrected chi connectivity index (χ0v) is 12.6. The average molecular weight is 276 g/mol. The zero-order chi connectivity index (χ0) is 15.0. The summed E-state index contributed by atoms with van der Waals surface area (Å²) in [6, 6.07) is 9.41. The molecule has 0 bridgehead atoms. The van der Waals surface area contributed by atoms with Gasteiger partial charge in [-0.05, 0) is 20.4 Å². The van der Waals surface area contributed by atoms with Crippen molar-refractivity contribution in [2.45, 2.75) is 33.2 Å². The van der Waals surface area contributed by atoms with Crippen LogP contribution in [0.5, 0.6) is 0 Å². The average Bonchev–Trinajstić information content (AvgIpc) is 2.43. The van der Waals surface area contributed by atoms with Crippen molar-refractivity contribution in [3.8, 4) is 0 Å². The van der Waals surface area contributed by atoms with E-state index < -0.39 is 0 Å². The second kappa shape index (κ2) is 8.48. The van der Waals surface area contributed by atoms with Gasteiger partial charge >= 0.3 is 0 Å². The number of nitrogens with one attached hydrogen (secondary N) is 1. The molecule has 0 aromatic heterocycles. The third kappa shape index (κ3) is 5.97. The Bertz CT molecular complexity index is 429. The van der Waals surface area contributed by atoms with Gasteiger partial charge in [0, 0.05) is 24.6 Å². The Morgan fingerprint density at radius 1 is 1.20 bits per heavy atom. The van der Waals surface area contributed by atoms with E-state index in [9.17, 15) is 9.59 Å². The summed E-state index contributed by atoms with van der Waals surface area (Å²) in [5, 5.41) is 2.86. The molecule has 4 nitrogen and oxygen atoms in total. The van der Waals surface area contributed by atoms with Gasteiger partial charge in [0.2, 0.25) is 5.91 Å². The van der Waals surface area contributed by atoms with Crippen LogP contribution in [0.4, 0.5) is 0 Å². The van der Waals surface area contributed by atoms with Gasteiger partial charge in [-0.1, -0.05) is 37.3 Å². The summed E-state index contributed by atoms with van der Waals surface area (Å²) in [6.45, 7) is 7.58. The van der Waals surface area contributed by atoms with Crippen molar-refractivity contribution in [1.82, 2.24) is 10.2 Å². The molecule has 4 heteroatoms. The first-order valence-electron chi connectivity index (χ1n) is 7.13. The normalized spacial score (nSPS) is 10.8. The second-order valence-corrected chi connectivity index (χ2v) is 5.13. The summed E-state index contributed by atoms with van der Waals surface area (Å²) in [4.78, 5) is 25.7. The fraction of sp³-hybridized carbons (Fsp3) is 0.500. The Morgan fingerprint density at radius 3 is 2.40 bits per heavy atom. The molecule has 1 aromatic carbocycles. The van der Waals surface area contributed by atoms with E-state index in [0.717, 1.165) is 12.1 Å². The molecule has 0 radical (unpaired) electrons. The highest BCUT2D eigenvalue weighted by Crippen LogP contribution is 2.04. The summed E-state index contributed by atoms with van der Waals surface area (Å²) < 4.78 is 0. The maximum Gasteiger partial charge on any atom is 0.234 e. The summed E-state index contributed by atoms with van der Waals surface area (Å²) in [6.07, 6.45) is 0.437. The minimum Gasteiger partial charge on any atom is -0.353 e. The molecule has 0 fully saturated rings. The van der Waals surface area contributed by atoms with Gasteiger partial charge in [-0.15, -0.1) is 0 Å². The van der Waals surface area contributed by atoms with Gasteiger partial charge in [0.25, 0.3) is 0 Å². The summed E-state index contributed by atoms with van der Waals surface area (Å²) in [5.41, 5.74) is 0.732. The number of rotatable bonds is 8. The monoisotopic (exact) mass is 276 g/mol. The summed E-state index contributed by atoms with van der Waals surface area (Å²) >= 11 is 0. The predicted molar refractivity (Wildman–Crippen MR) is 80.8 cm³/mol. The Balaban J connectivity index is 2.41. The lowest BCUT2D eigenvalue weighted by Crippen LogP contribution is -2.40. The van der Waals surface area contributed by atoms with Crippen LogP contribution in [-0.4, -0.2) is 42.3 Å². The highest BCUT2D eigenvalue weighted by Gasteiger charge is 2.12. The largest absolute Gasteiger partial charge is 0.353 e. The molecule has 0 saturated heterocycles. The second-order valence-electron chi connectivity index (χ2n) is 5.13. The fourth-order valence-electron chi connectivity index (χ4n) is 1.95. The van der Waals surface area contributed by atoms with Crippen molar-refractivity contribution in [2.24, 2.45) is 0 Å². The minimum absolute atomic E-state index is 0.00834. The maximum absolute atomic E-state index is 12.0. The number of Topliss-reactive ketones (excluding diaryl/α,β-unsaturated/α-hetero) is 1. The first kappa shape index (κ1) is 16.4. The number of benzene rings is 1. The molecule has 110 valence electrons. The molecule has 1 rings (SSSR count). The van der Waals surface area contributed by atoms with Gasteiger partial charge in [0.15, 0.2) is 5.78 Å². The lowest BCUT2D eigenvalue weighted by molar-refractivity contribution is -0.122. The van der Waals surface area contributed by atoms with Crippen molar-refractivity contribution in [3.05, 3.63) is 35.9 Å². The molecule has 0 heterocycles. The molecule has 0 spiro atoms. The fourth-order valence-corrected chi connectivity index (χ4v) is 1.95. The smallest absolute Gasteiger partial charge is 0.234 e. The number of carbonyl (C=O) groups excluding carboxylic acids is 2. The number of carbonyl (C=O) groups is 2. The number of likely N-dealkylation sites (N-methyl/N-ethyl adjacent to an activating group) is 1. The molecule has 0 saturated carbocycles. The quantitative estimate of drug-likeness (QED) is 0.740. The van der Waals surface area contributed by atoms with E-state index in [0.29, 0.717) is 19.5 Å². The SMILES string of the molecule is CCN(CCC(=O)c1ccccc1)CC(=O)NC(C)C. The van der Waals surface area contributed by atoms with Crippen LogP contribution in [0.15, 0.2) is 30.3 Å². The standard InChI is InChI=1S/C16H24N2O2/c1-4-18(12-16(20)17-13(2)3)11-10-15(19)14-8-6-5-7-9-14/h5-9,13H,4,10-12H2,1-3H3,(H,17,20). The summed E-state index contributed by atoms with van der Waals surface area (Å²) in [7, 11) is 0. The number of hydrogen-bond acceptors (Lipinski definition) is 3. The maximum atomic E-state index is 12.0. The van der Waals surface area contributed by atoms with Crippen molar-refractivity contribution in [2.75, 3.05) is 19.6 Å². The van der Waals surface area contributed by atoms with Gasteiger partial charge in [0.1, 0.15) is 0 Å². The van der Waals surface area contributed by atoms with E-state index in [1.165, 1.54) is 0 Å². The van der Waals surface area contributed by atoms with Crippen LogP contribution >= 0.6 is 0 Å². The van der Waals surface area contributed by atoms with Crippen molar-refractivity contribution in [3.63, 3.8) is 0 Å². The molecule has 0 aliphatic rings. The van der Waals surface area contributed by atoms with Crippen LogP contribution in [0.3, 0.4) is 0 Å². The van der Waals surface area contributed by atoms with Gasteiger partial charge in [-0.2, -0.15) is 0 Å². The molecule has 0 aliphatic heterocycles. The molecule has 1 amide bonds. The molecular weight excluding hydrogens is 252 g/mol. The number of nitrogens with zero attached hydrogens (tertiary/aromatic N) is 1. The third-order valence-corrected chi connectivity index (χ3v) is 3.01. The lowest BCUT2D eigenvalue weighted by atomic mass is 10.1. The molecule has 1 N–H and O–H groups in total. The predicted octanol–water partition coefficient (Wildman–Crippen LogP) is 2.11. The third-order valence-electron chi connectivity index (χ3n) is 3.01. The van der Waals surface area contributed by atoms with Crippen molar-refractivity contribution < 1.29 is 9.59 Å². The van der Waals surface area contributed by atoms with Crippen LogP contribution in [0.2, 0.25) is 0 Å². The van der Waals surface area contributed by atoms with Gasteiger partial charge in [0.05, 0.1) is 6.54 Å². The number of amides is 1. The number of ketones is 1. The molecule has 20 heavy (non-hydrogen) atoms. The molecule has 0 aliphatic carbocycles. The van der Waals surface area contributed by atoms with E-state index in [1.54, 1.807) is 0 Å². The molecule has 0 unspecified atom stereocenters. The van der Waals surface area contributed by atoms with Crippen molar-refractivity contribution in [1.29, 1.82) is 0 Å². The van der Waals surface area contributed by atoms with Crippen LogP contribution in [0, 0.1) is 0 Å². The summed E-state index contributed by atoms with van der Waals surface area (Å²) in [5.74, 6) is 0.127. The molecule has 0 atom stereocenters. The van der Waals surface area contributed by atoms with Gasteiger partial charge < -0.3 is 5.32 Å². The Labute approximate surface area is 121 Å². The Kier molecular flexibility index (Phi) is 6.94. The molecule has 1 aromatic rings. The van der Waals surface area contributed by atoms with E-state index in [1.807, 2.05) is 56.0 Å². The highest BCUT2D eigenvalue weighted by molar-refractivity contribution is 5.96. The number of hydrogen-bond donors (Lipinski definition) is 1. The zero-order valence-electron chi connectivity index (χ0n) is 12.6. The van der Waals surface area contributed by atoms with E-state index in [2.05, 4.69) is 5.32 Å². The van der Waals surface area contributed by atoms with E-state index in [-0.39, 0.29) is 17.7 Å². The van der Waals surface area contributed by atoms with Crippen LogP contribution < -0.4 is 5.32 Å². The topological polar surface area (TPSA) is 49.4 Å². The Hall–Kier alpha value is -1.68. The molecular formula is C16H24N2O2. The van der Waals surface area contributed by atoms with Gasteiger partial charge in [-0.25, -0.2) is 0 Å². The van der Waals surface area contributed by atoms with Crippen LogP contribution in [0.1, 0.15) is 37.6 Å². The van der Waals surface area contributed by atoms with E-state index in [4.69, 9.17) is 0 Å². The highest BCUT2D eigenvalue weighted by atomic mass is 16.2. The Morgan fingerprint density at radius 2 is 1.85 bits per heavy atom. The first-order valence-corrected chi connectivity index (χ1v) is 7.13. The van der Waals surface area contributed by atoms with Crippen LogP contribution in [0.25, 0.3) is 0 Å². The van der Waals surface area contributed by atoms with E-state index >= 15 is 0 Å².